The second-order valence-corrected chi connectivity index (χ2v) is 15.6. The van der Waals surface area contributed by atoms with Crippen molar-refractivity contribution in [3.05, 3.63) is 0 Å². The second-order valence-electron chi connectivity index (χ2n) is 15.3. The van der Waals surface area contributed by atoms with Crippen LogP contribution in [0.1, 0.15) is 70.6 Å². The Morgan fingerprint density at radius 1 is 0.667 bits per heavy atom. The van der Waals surface area contributed by atoms with Crippen LogP contribution in [0.3, 0.4) is 0 Å². The minimum Gasteiger partial charge on any atom is -0.481 e. The third-order valence-corrected chi connectivity index (χ3v) is 10.5. The first-order valence-corrected chi connectivity index (χ1v) is 21.5. The van der Waals surface area contributed by atoms with Crippen LogP contribution < -0.4 is 65.5 Å². The highest BCUT2D eigenvalue weighted by atomic mass is 32.1. The molecule has 29 heteroatoms. The molecular weight excluding hydrogens is 897 g/mol. The molecule has 2 saturated heterocycles. The number of hydrogen-bond acceptors (Lipinski definition) is 15. The SMILES string of the molecule is NC(=O)CC[C@H](NC(=O)CNC(=O)CNC(=O)[C@H](CS)NC(=O)[C@@H]1CCCN1C(=O)[C@H](CCC(=O)O)NC(=O)[C@H](CCCN=C(N)N)NC(=O)[C@@H]1CCCN1)C(=O)N[C@@H](CC(N)=O)C(=O)O. The van der Waals surface area contributed by atoms with Crippen molar-refractivity contribution in [3.8, 4) is 0 Å². The highest BCUT2D eigenvalue weighted by Gasteiger charge is 2.40. The minimum absolute atomic E-state index is 0.0303. The molecule has 0 bridgehead atoms. The van der Waals surface area contributed by atoms with E-state index in [4.69, 9.17) is 22.9 Å². The van der Waals surface area contributed by atoms with Gasteiger partial charge in [0.05, 0.1) is 25.6 Å². The minimum atomic E-state index is -1.75. The number of nitrogens with two attached hydrogens (primary N) is 4. The van der Waals surface area contributed by atoms with Gasteiger partial charge in [-0.3, -0.25) is 57.7 Å². The maximum Gasteiger partial charge on any atom is 0.326 e. The number of carboxylic acid groups (broad SMARTS) is 2. The average molecular weight is 957 g/mol. The van der Waals surface area contributed by atoms with E-state index in [0.717, 1.165) is 11.3 Å². The maximum absolute atomic E-state index is 14.0. The molecule has 2 aliphatic rings. The van der Waals surface area contributed by atoms with Crippen molar-refractivity contribution < 1.29 is 67.7 Å². The van der Waals surface area contributed by atoms with Gasteiger partial charge in [-0.25, -0.2) is 4.79 Å². The lowest BCUT2D eigenvalue weighted by Crippen LogP contribution is -2.59. The third-order valence-electron chi connectivity index (χ3n) is 10.1. The number of carboxylic acids is 2. The second kappa shape index (κ2) is 28.2. The summed E-state index contributed by atoms with van der Waals surface area (Å²) < 4.78 is 0. The molecule has 7 atom stereocenters. The van der Waals surface area contributed by atoms with Gasteiger partial charge in [-0.2, -0.15) is 12.6 Å². The van der Waals surface area contributed by atoms with Gasteiger partial charge >= 0.3 is 11.9 Å². The molecule has 18 N–H and O–H groups in total. The standard InChI is InChI=1S/C37H60N14O14S/c38-25(52)9-7-20(33(61)49-22(36(64)65)14-26(39)53)46-28(55)16-44-27(54)15-45-30(58)23(17-66)50-34(62)24-6-3-13-51(24)35(63)21(8-10-29(56)57)48-32(60)19(5-2-12-43-37(40)41)47-31(59)18-4-1-11-42-18/h18-24,42,66H,1-17H2,(H2,38,52)(H2,39,53)(H,44,54)(H,45,58)(H,46,55)(H,47,59)(H,48,60)(H,49,61)(H,50,62)(H,56,57)(H,64,65)(H4,40,41,43)/t18-,19-,20-,21-,22-,23-,24-/m0/s1. The van der Waals surface area contributed by atoms with Crippen molar-refractivity contribution in [2.75, 3.05) is 38.5 Å². The Morgan fingerprint density at radius 3 is 1.86 bits per heavy atom. The van der Waals surface area contributed by atoms with Gasteiger partial charge in [0.2, 0.25) is 59.1 Å². The molecule has 0 aromatic rings. The maximum atomic E-state index is 14.0. The Bertz CT molecular complexity index is 1840. The Morgan fingerprint density at radius 2 is 1.29 bits per heavy atom. The molecule has 2 fully saturated rings. The number of primary amides is 2. The van der Waals surface area contributed by atoms with Gasteiger partial charge in [0.25, 0.3) is 0 Å². The summed E-state index contributed by atoms with van der Waals surface area (Å²) >= 11 is 4.12. The van der Waals surface area contributed by atoms with Crippen molar-refractivity contribution in [3.63, 3.8) is 0 Å². The number of carbonyl (C=O) groups excluding carboxylic acids is 10. The zero-order valence-electron chi connectivity index (χ0n) is 36.0. The first-order chi connectivity index (χ1) is 31.1. The van der Waals surface area contributed by atoms with Crippen LogP contribution in [0.5, 0.6) is 0 Å². The topological polar surface area (TPSA) is 461 Å². The third kappa shape index (κ3) is 19.9. The van der Waals surface area contributed by atoms with Crippen LogP contribution in [0.15, 0.2) is 4.99 Å². The van der Waals surface area contributed by atoms with E-state index in [1.807, 2.05) is 5.32 Å². The van der Waals surface area contributed by atoms with Crippen LogP contribution in [0.25, 0.3) is 0 Å². The van der Waals surface area contributed by atoms with Crippen molar-refractivity contribution in [2.24, 2.45) is 27.9 Å². The molecule has 28 nitrogen and oxygen atoms in total. The van der Waals surface area contributed by atoms with E-state index in [1.165, 1.54) is 0 Å². The molecule has 368 valence electrons. The summed E-state index contributed by atoms with van der Waals surface area (Å²) in [6, 6.07) is -8.96. The number of hydrogen-bond donors (Lipinski definition) is 15. The van der Waals surface area contributed by atoms with E-state index >= 15 is 0 Å². The fourth-order valence-corrected chi connectivity index (χ4v) is 6.98. The van der Waals surface area contributed by atoms with Gasteiger partial charge in [-0.15, -0.1) is 0 Å². The van der Waals surface area contributed by atoms with E-state index in [-0.39, 0.29) is 56.9 Å². The summed E-state index contributed by atoms with van der Waals surface area (Å²) in [6.45, 7) is -0.730. The molecular formula is C37H60N14O14S. The summed E-state index contributed by atoms with van der Waals surface area (Å²) in [7, 11) is 0. The Balaban J connectivity index is 2.05. The van der Waals surface area contributed by atoms with Crippen molar-refractivity contribution in [1.29, 1.82) is 0 Å². The summed E-state index contributed by atoms with van der Waals surface area (Å²) in [5.41, 5.74) is 20.9. The number of guanidine groups is 1. The molecule has 2 heterocycles. The zero-order valence-corrected chi connectivity index (χ0v) is 36.9. The highest BCUT2D eigenvalue weighted by Crippen LogP contribution is 2.20. The van der Waals surface area contributed by atoms with Crippen LogP contribution >= 0.6 is 12.6 Å². The quantitative estimate of drug-likeness (QED) is 0.0143. The van der Waals surface area contributed by atoms with Crippen LogP contribution in [-0.2, 0) is 57.5 Å². The van der Waals surface area contributed by atoms with Crippen LogP contribution in [0, 0.1) is 0 Å². The molecule has 2 rings (SSSR count). The fourth-order valence-electron chi connectivity index (χ4n) is 6.72. The average Bonchev–Trinajstić information content (AvgIpc) is 3.98. The predicted molar refractivity (Wildman–Crippen MR) is 232 cm³/mol. The lowest BCUT2D eigenvalue weighted by molar-refractivity contribution is -0.144. The molecule has 0 aromatic carbocycles. The van der Waals surface area contributed by atoms with E-state index in [1.54, 1.807) is 0 Å². The van der Waals surface area contributed by atoms with Gasteiger partial charge in [-0.1, -0.05) is 0 Å². The van der Waals surface area contributed by atoms with Gasteiger partial charge in [0, 0.05) is 31.7 Å². The molecule has 66 heavy (non-hydrogen) atoms. The number of aliphatic carboxylic acids is 2. The first kappa shape index (κ1) is 55.4. The van der Waals surface area contributed by atoms with E-state index < -0.39 is 146 Å². The normalized spacial score (nSPS) is 17.6. The first-order valence-electron chi connectivity index (χ1n) is 20.9. The number of carbonyl (C=O) groups is 12. The molecule has 0 radical (unpaired) electrons. The van der Waals surface area contributed by atoms with Gasteiger partial charge < -0.3 is 80.6 Å². The monoisotopic (exact) mass is 956 g/mol. The number of rotatable bonds is 29. The summed E-state index contributed by atoms with van der Waals surface area (Å²) in [5, 5.41) is 38.1. The summed E-state index contributed by atoms with van der Waals surface area (Å²) in [5.74, 6) is -11.9. The lowest BCUT2D eigenvalue weighted by Gasteiger charge is -2.30. The number of aliphatic imine (C=N–C) groups is 1. The molecule has 0 unspecified atom stereocenters. The van der Waals surface area contributed by atoms with E-state index in [9.17, 15) is 67.7 Å². The number of likely N-dealkylation sites (tertiary alicyclic amines) is 1. The number of thiol groups is 1. The molecule has 0 aliphatic carbocycles. The fraction of sp³-hybridized carbons (Fsp3) is 0.649. The smallest absolute Gasteiger partial charge is 0.326 e. The Hall–Kier alpha value is -6.78. The summed E-state index contributed by atoms with van der Waals surface area (Å²) in [6.07, 6.45) is -0.452. The van der Waals surface area contributed by atoms with Gasteiger partial charge in [0.15, 0.2) is 5.96 Å². The molecule has 0 spiro atoms. The van der Waals surface area contributed by atoms with Gasteiger partial charge in [0.1, 0.15) is 36.3 Å². The highest BCUT2D eigenvalue weighted by molar-refractivity contribution is 7.80. The molecule has 0 aromatic heterocycles. The molecule has 0 saturated carbocycles. The zero-order chi connectivity index (χ0) is 49.5. The lowest BCUT2D eigenvalue weighted by atomic mass is 10.1. The Labute approximate surface area is 383 Å². The largest absolute Gasteiger partial charge is 0.481 e. The van der Waals surface area contributed by atoms with Crippen molar-refractivity contribution >= 4 is 89.6 Å². The van der Waals surface area contributed by atoms with E-state index in [2.05, 4.69) is 54.8 Å². The van der Waals surface area contributed by atoms with Crippen molar-refractivity contribution in [2.45, 2.75) is 113 Å². The molecule has 10 amide bonds. The van der Waals surface area contributed by atoms with E-state index in [0.29, 0.717) is 19.4 Å². The predicted octanol–water partition coefficient (Wildman–Crippen LogP) is -7.54. The number of nitrogens with one attached hydrogen (secondary N) is 8. The summed E-state index contributed by atoms with van der Waals surface area (Å²) in [4.78, 5) is 156. The van der Waals surface area contributed by atoms with Gasteiger partial charge in [-0.05, 0) is 57.9 Å². The Kier molecular flexibility index (Phi) is 23.6. The van der Waals surface area contributed by atoms with Crippen LogP contribution in [-0.4, -0.2) is 173 Å². The number of amides is 10. The molecule has 2 aliphatic heterocycles. The van der Waals surface area contributed by atoms with Crippen molar-refractivity contribution in [1.82, 2.24) is 47.4 Å². The number of nitrogens with zero attached hydrogens (tertiary/aromatic N) is 2. The van der Waals surface area contributed by atoms with Crippen LogP contribution in [0.2, 0.25) is 0 Å². The van der Waals surface area contributed by atoms with Crippen LogP contribution in [0.4, 0.5) is 0 Å².